The molecular weight excluding hydrogens is 305 g/mol. The van der Waals surface area contributed by atoms with E-state index in [-0.39, 0.29) is 13.0 Å². The minimum Gasteiger partial charge on any atom is -1.00 e. The minimum absolute atomic E-state index is 0. The summed E-state index contributed by atoms with van der Waals surface area (Å²) in [5, 5.41) is 0. The maximum atomic E-state index is 4.62. The van der Waals surface area contributed by atoms with E-state index < -0.39 is 0 Å². The van der Waals surface area contributed by atoms with Gasteiger partial charge in [0.1, 0.15) is 0 Å². The molecule has 0 spiro atoms. The molecule has 0 unspecified atom stereocenters. The quantitative estimate of drug-likeness (QED) is 0.413. The fraction of sp³-hybridized carbons (Fsp3) is 0. The van der Waals surface area contributed by atoms with Crippen LogP contribution in [0.1, 0.15) is 25.6 Å². The Bertz CT molecular complexity index is 1090. The van der Waals surface area contributed by atoms with Gasteiger partial charge in [0.25, 0.3) is 0 Å². The van der Waals surface area contributed by atoms with Crippen LogP contribution in [0.4, 0.5) is 0 Å². The fourth-order valence-corrected chi connectivity index (χ4v) is 2.94. The molecule has 2 N–H and O–H groups in total. The molecule has 0 fully saturated rings. The first-order valence-electron chi connectivity index (χ1n) is 7.85. The Hall–Kier alpha value is -3.23. The van der Waals surface area contributed by atoms with Crippen LogP contribution in [0.15, 0.2) is 48.5 Å². The first kappa shape index (κ1) is 15.3. The first-order chi connectivity index (χ1) is 11.8. The van der Waals surface area contributed by atoms with E-state index in [0.29, 0.717) is 0 Å². The van der Waals surface area contributed by atoms with Gasteiger partial charge in [0.2, 0.25) is 0 Å². The molecule has 25 heavy (non-hydrogen) atoms. The number of H-pyrrole nitrogens is 2. The summed E-state index contributed by atoms with van der Waals surface area (Å²) in [4.78, 5) is 16.0. The van der Waals surface area contributed by atoms with Crippen LogP contribution in [0.25, 0.3) is 46.4 Å². The zero-order chi connectivity index (χ0) is 15.9. The zero-order valence-electron chi connectivity index (χ0n) is 15.5. The number of fused-ring (bicyclic) bond motifs is 8. The van der Waals surface area contributed by atoms with E-state index in [1.165, 1.54) is 0 Å². The van der Waals surface area contributed by atoms with E-state index in [2.05, 4.69) is 50.3 Å². The van der Waals surface area contributed by atoms with Crippen LogP contribution in [0.5, 0.6) is 0 Å². The van der Waals surface area contributed by atoms with Crippen LogP contribution in [0, 0.1) is 0 Å². The minimum atomic E-state index is 0. The number of nitrogens with one attached hydrogen (secondary N) is 2. The summed E-state index contributed by atoms with van der Waals surface area (Å²) in [6.07, 6.45) is 8.05. The van der Waals surface area contributed by atoms with Crippen LogP contribution >= 0.6 is 0 Å². The van der Waals surface area contributed by atoms with Crippen LogP contribution in [0.2, 0.25) is 0 Å². The van der Waals surface area contributed by atoms with Crippen molar-refractivity contribution in [3.8, 4) is 0 Å². The van der Waals surface area contributed by atoms with Crippen molar-refractivity contribution in [1.82, 2.24) is 19.9 Å². The second kappa shape index (κ2) is 6.00. The summed E-state index contributed by atoms with van der Waals surface area (Å²) in [6.45, 7) is 0. The average molecular weight is 321 g/mol. The zero-order valence-corrected chi connectivity index (χ0v) is 13.5. The Balaban J connectivity index is 0.000000871. The van der Waals surface area contributed by atoms with Gasteiger partial charge in [-0.2, -0.15) is 0 Å². The van der Waals surface area contributed by atoms with Crippen molar-refractivity contribution in [2.75, 3.05) is 0 Å². The first-order valence-corrected chi connectivity index (χ1v) is 7.85. The van der Waals surface area contributed by atoms with Gasteiger partial charge in [0, 0.05) is 22.1 Å². The maximum Gasteiger partial charge on any atom is 2.00 e. The SMILES string of the molecule is C1=Cc2cc3ccc(cc4ccc(cc5nc(cc1n2)C=C5)[nH]4)[nH]3.[Be+2].[H-].[H-]. The van der Waals surface area contributed by atoms with Gasteiger partial charge in [-0.15, -0.1) is 0 Å². The van der Waals surface area contributed by atoms with Gasteiger partial charge in [0.15, 0.2) is 0 Å². The van der Waals surface area contributed by atoms with E-state index in [1.54, 1.807) is 0 Å². The van der Waals surface area contributed by atoms with Crippen molar-refractivity contribution in [2.45, 2.75) is 0 Å². The Kier molecular flexibility index (Phi) is 3.68. The molecule has 5 heteroatoms. The summed E-state index contributed by atoms with van der Waals surface area (Å²) >= 11 is 0. The van der Waals surface area contributed by atoms with Gasteiger partial charge in [-0.1, -0.05) is 0 Å². The van der Waals surface area contributed by atoms with Crippen molar-refractivity contribution in [3.63, 3.8) is 0 Å². The molecule has 4 nitrogen and oxygen atoms in total. The van der Waals surface area contributed by atoms with Crippen LogP contribution in [-0.2, 0) is 0 Å². The van der Waals surface area contributed by atoms with Crippen LogP contribution in [-0.4, -0.2) is 30.1 Å². The summed E-state index contributed by atoms with van der Waals surface area (Å²) < 4.78 is 0. The topological polar surface area (TPSA) is 57.4 Å². The van der Waals surface area contributed by atoms with E-state index in [9.17, 15) is 0 Å². The van der Waals surface area contributed by atoms with Gasteiger partial charge in [-0.25, -0.2) is 9.97 Å². The van der Waals surface area contributed by atoms with Gasteiger partial charge in [-0.05, 0) is 72.8 Å². The van der Waals surface area contributed by atoms with E-state index >= 15 is 0 Å². The summed E-state index contributed by atoms with van der Waals surface area (Å²) in [7, 11) is 0. The molecule has 0 aliphatic carbocycles. The maximum absolute atomic E-state index is 4.62. The molecule has 2 aliphatic rings. The molecule has 0 saturated carbocycles. The van der Waals surface area contributed by atoms with E-state index in [4.69, 9.17) is 0 Å². The van der Waals surface area contributed by atoms with Crippen molar-refractivity contribution in [2.24, 2.45) is 0 Å². The Morgan fingerprint density at radius 2 is 0.880 bits per heavy atom. The predicted octanol–water partition coefficient (Wildman–Crippen LogP) is 4.50. The third-order valence-corrected chi connectivity index (χ3v) is 4.04. The molecule has 5 rings (SSSR count). The molecule has 0 saturated heterocycles. The fourth-order valence-electron chi connectivity index (χ4n) is 2.94. The van der Waals surface area contributed by atoms with Crippen molar-refractivity contribution in [1.29, 1.82) is 0 Å². The van der Waals surface area contributed by atoms with Crippen molar-refractivity contribution in [3.05, 3.63) is 71.3 Å². The largest absolute Gasteiger partial charge is 2.00 e. The third kappa shape index (κ3) is 3.08. The third-order valence-electron chi connectivity index (χ3n) is 4.04. The van der Waals surface area contributed by atoms with Gasteiger partial charge < -0.3 is 12.8 Å². The normalized spacial score (nSPS) is 12.2. The molecule has 2 aliphatic heterocycles. The molecule has 0 atom stereocenters. The molecular formula is C20H16BeN4. The van der Waals surface area contributed by atoms with Gasteiger partial charge >= 0.3 is 10.1 Å². The monoisotopic (exact) mass is 321 g/mol. The summed E-state index contributed by atoms with van der Waals surface area (Å²) in [5.41, 5.74) is 7.86. The smallest absolute Gasteiger partial charge is 1.00 e. The second-order valence-electron chi connectivity index (χ2n) is 5.91. The van der Waals surface area contributed by atoms with Crippen molar-refractivity contribution < 1.29 is 2.85 Å². The van der Waals surface area contributed by atoms with E-state index in [1.807, 2.05) is 42.5 Å². The molecule has 3 aromatic heterocycles. The standard InChI is InChI=1S/C20H14N4.Be.2H/c1-2-14-10-16-5-6-18(23-16)12-20-8-7-19(24-20)11-17-4-3-15(22-17)9-13(1)21-14;;;/h1-12,21-22H;;;/q;+2;2*-1. The Morgan fingerprint density at radius 3 is 1.32 bits per heavy atom. The summed E-state index contributed by atoms with van der Waals surface area (Å²) in [6, 6.07) is 16.4. The Morgan fingerprint density at radius 1 is 0.520 bits per heavy atom. The van der Waals surface area contributed by atoms with E-state index in [0.717, 1.165) is 44.8 Å². The number of aromatic amines is 2. The molecule has 0 radical (unpaired) electrons. The molecule has 118 valence electrons. The number of rotatable bonds is 0. The van der Waals surface area contributed by atoms with Crippen LogP contribution < -0.4 is 0 Å². The van der Waals surface area contributed by atoms with Gasteiger partial charge in [-0.3, -0.25) is 0 Å². The van der Waals surface area contributed by atoms with Crippen molar-refractivity contribution >= 4 is 56.5 Å². The predicted molar refractivity (Wildman–Crippen MR) is 107 cm³/mol. The molecule has 0 aromatic carbocycles. The molecule has 3 aromatic rings. The molecule has 0 amide bonds. The second-order valence-corrected chi connectivity index (χ2v) is 5.91. The average Bonchev–Trinajstić information content (AvgIpc) is 3.32. The van der Waals surface area contributed by atoms with Crippen LogP contribution in [0.3, 0.4) is 0 Å². The Labute approximate surface area is 151 Å². The summed E-state index contributed by atoms with van der Waals surface area (Å²) in [5.74, 6) is 0. The van der Waals surface area contributed by atoms with Gasteiger partial charge in [0.05, 0.1) is 22.8 Å². The number of nitrogens with zero attached hydrogens (tertiary/aromatic N) is 2. The number of hydrogen-bond donors (Lipinski definition) is 2. The molecule has 8 bridgehead atoms. The number of hydrogen-bond acceptors (Lipinski definition) is 2. The molecule has 5 heterocycles. The number of aromatic nitrogens is 4.